The van der Waals surface area contributed by atoms with E-state index in [2.05, 4.69) is 19.2 Å². The predicted octanol–water partition coefficient (Wildman–Crippen LogP) is 4.96. The molecule has 0 aliphatic rings. The maximum atomic E-state index is 13.1. The van der Waals surface area contributed by atoms with E-state index in [9.17, 15) is 9.59 Å². The number of amides is 2. The minimum absolute atomic E-state index is 0.0217. The quantitative estimate of drug-likeness (QED) is 0.554. The number of hydrogen-bond donors (Lipinski definition) is 1. The molecular weight excluding hydrogens is 398 g/mol. The monoisotopic (exact) mass is 425 g/mol. The van der Waals surface area contributed by atoms with Crippen molar-refractivity contribution in [2.75, 3.05) is 30.9 Å². The molecule has 158 valence electrons. The minimum atomic E-state index is -0.308. The summed E-state index contributed by atoms with van der Waals surface area (Å²) < 4.78 is 5.17. The first kappa shape index (κ1) is 21.6. The van der Waals surface area contributed by atoms with Crippen molar-refractivity contribution in [2.45, 2.75) is 20.4 Å². The van der Waals surface area contributed by atoms with E-state index in [0.717, 1.165) is 16.1 Å². The maximum Gasteiger partial charge on any atom is 0.291 e. The molecule has 0 aliphatic carbocycles. The molecule has 0 bridgehead atoms. The third-order valence-electron chi connectivity index (χ3n) is 4.53. The average molecular weight is 426 g/mol. The van der Waals surface area contributed by atoms with Crippen LogP contribution in [-0.2, 0) is 6.54 Å². The van der Waals surface area contributed by atoms with Crippen molar-refractivity contribution in [1.82, 2.24) is 4.90 Å². The summed E-state index contributed by atoms with van der Waals surface area (Å²) in [5.74, 6) is 0.298. The normalized spacial score (nSPS) is 10.8. The van der Waals surface area contributed by atoms with Gasteiger partial charge >= 0.3 is 0 Å². The van der Waals surface area contributed by atoms with Gasteiger partial charge in [0.25, 0.3) is 11.8 Å². The highest BCUT2D eigenvalue weighted by Gasteiger charge is 2.20. The van der Waals surface area contributed by atoms with Gasteiger partial charge in [-0.3, -0.25) is 9.59 Å². The second-order valence-corrected chi connectivity index (χ2v) is 8.67. The smallest absolute Gasteiger partial charge is 0.291 e. The zero-order chi connectivity index (χ0) is 21.7. The molecule has 2 amide bonds. The fraction of sp³-hybridized carbons (Fsp3) is 0.304. The van der Waals surface area contributed by atoms with Crippen LogP contribution in [0.1, 0.15) is 39.6 Å². The molecule has 2 heterocycles. The number of hydrogen-bond acceptors (Lipinski definition) is 5. The van der Waals surface area contributed by atoms with Crippen LogP contribution in [0.2, 0.25) is 0 Å². The van der Waals surface area contributed by atoms with E-state index in [1.165, 1.54) is 17.6 Å². The third-order valence-corrected chi connectivity index (χ3v) is 5.39. The SMILES string of the molecule is CC(C)CN(Cc1cc(NC(=O)c2ccco2)ccc1N(C)C)C(=O)c1cccs1. The average Bonchev–Trinajstić information content (AvgIpc) is 3.40. The van der Waals surface area contributed by atoms with E-state index in [1.54, 1.807) is 12.1 Å². The zero-order valence-corrected chi connectivity index (χ0v) is 18.5. The molecule has 2 aromatic heterocycles. The van der Waals surface area contributed by atoms with Crippen molar-refractivity contribution in [3.8, 4) is 0 Å². The lowest BCUT2D eigenvalue weighted by Crippen LogP contribution is -2.33. The number of anilines is 2. The number of nitrogens with zero attached hydrogens (tertiary/aromatic N) is 2. The van der Waals surface area contributed by atoms with Gasteiger partial charge in [-0.1, -0.05) is 19.9 Å². The first-order chi connectivity index (χ1) is 14.3. The van der Waals surface area contributed by atoms with Gasteiger partial charge < -0.3 is 19.5 Å². The number of nitrogens with one attached hydrogen (secondary N) is 1. The van der Waals surface area contributed by atoms with Crippen molar-refractivity contribution in [3.63, 3.8) is 0 Å². The Morgan fingerprint density at radius 2 is 1.93 bits per heavy atom. The van der Waals surface area contributed by atoms with Crippen molar-refractivity contribution < 1.29 is 14.0 Å². The third kappa shape index (κ3) is 5.30. The topological polar surface area (TPSA) is 65.8 Å². The molecule has 7 heteroatoms. The van der Waals surface area contributed by atoms with Crippen LogP contribution in [0.3, 0.4) is 0 Å². The van der Waals surface area contributed by atoms with Crippen LogP contribution in [-0.4, -0.2) is 37.4 Å². The second kappa shape index (κ2) is 9.63. The summed E-state index contributed by atoms with van der Waals surface area (Å²) in [6.45, 7) is 5.29. The van der Waals surface area contributed by atoms with Crippen LogP contribution in [0.15, 0.2) is 58.5 Å². The van der Waals surface area contributed by atoms with Crippen LogP contribution >= 0.6 is 11.3 Å². The van der Waals surface area contributed by atoms with Crippen LogP contribution < -0.4 is 10.2 Å². The molecule has 0 saturated carbocycles. The molecule has 1 N–H and O–H groups in total. The number of carbonyl (C=O) groups excluding carboxylic acids is 2. The lowest BCUT2D eigenvalue weighted by molar-refractivity contribution is 0.0727. The first-order valence-corrected chi connectivity index (χ1v) is 10.7. The Morgan fingerprint density at radius 3 is 2.53 bits per heavy atom. The molecule has 3 aromatic rings. The number of furan rings is 1. The zero-order valence-electron chi connectivity index (χ0n) is 17.7. The molecule has 0 atom stereocenters. The molecule has 1 aromatic carbocycles. The maximum absolute atomic E-state index is 13.1. The van der Waals surface area contributed by atoms with Crippen LogP contribution in [0.25, 0.3) is 0 Å². The van der Waals surface area contributed by atoms with Gasteiger partial charge in [0, 0.05) is 38.6 Å². The van der Waals surface area contributed by atoms with Crippen molar-refractivity contribution in [3.05, 3.63) is 70.3 Å². The summed E-state index contributed by atoms with van der Waals surface area (Å²) in [7, 11) is 3.93. The Labute approximate surface area is 181 Å². The molecule has 0 fully saturated rings. The van der Waals surface area contributed by atoms with Gasteiger partial charge in [-0.2, -0.15) is 0 Å². The Kier molecular flexibility index (Phi) is 6.95. The number of rotatable bonds is 8. The molecule has 0 unspecified atom stereocenters. The van der Waals surface area contributed by atoms with E-state index >= 15 is 0 Å². The predicted molar refractivity (Wildman–Crippen MR) is 121 cm³/mol. The fourth-order valence-corrected chi connectivity index (χ4v) is 3.94. The summed E-state index contributed by atoms with van der Waals surface area (Å²) in [4.78, 5) is 30.1. The molecule has 0 aliphatic heterocycles. The Bertz CT molecular complexity index is 979. The van der Waals surface area contributed by atoms with E-state index in [1.807, 2.05) is 59.6 Å². The van der Waals surface area contributed by atoms with Gasteiger partial charge in [0.05, 0.1) is 11.1 Å². The van der Waals surface area contributed by atoms with Crippen molar-refractivity contribution in [1.29, 1.82) is 0 Å². The standard InChI is InChI=1S/C23H27N3O3S/c1-16(2)14-26(23(28)21-8-6-12-30-21)15-17-13-18(9-10-19(17)25(3)4)24-22(27)20-7-5-11-29-20/h5-13,16H,14-15H2,1-4H3,(H,24,27). The Balaban J connectivity index is 1.88. The molecule has 0 spiro atoms. The summed E-state index contributed by atoms with van der Waals surface area (Å²) in [5.41, 5.74) is 2.62. The lowest BCUT2D eigenvalue weighted by atomic mass is 10.1. The van der Waals surface area contributed by atoms with Gasteiger partial charge in [0.1, 0.15) is 0 Å². The number of thiophene rings is 1. The molecule has 0 radical (unpaired) electrons. The van der Waals surface area contributed by atoms with E-state index in [-0.39, 0.29) is 17.6 Å². The number of benzene rings is 1. The van der Waals surface area contributed by atoms with E-state index < -0.39 is 0 Å². The number of carbonyl (C=O) groups is 2. The van der Waals surface area contributed by atoms with E-state index in [0.29, 0.717) is 24.7 Å². The summed E-state index contributed by atoms with van der Waals surface area (Å²) in [5, 5.41) is 4.78. The van der Waals surface area contributed by atoms with Gasteiger partial charge in [-0.05, 0) is 53.3 Å². The molecular formula is C23H27N3O3S. The van der Waals surface area contributed by atoms with Crippen LogP contribution in [0.5, 0.6) is 0 Å². The summed E-state index contributed by atoms with van der Waals surface area (Å²) in [6, 6.07) is 12.8. The largest absolute Gasteiger partial charge is 0.459 e. The Hall–Kier alpha value is -3.06. The van der Waals surface area contributed by atoms with Gasteiger partial charge in [0.2, 0.25) is 0 Å². The van der Waals surface area contributed by atoms with Gasteiger partial charge in [-0.15, -0.1) is 11.3 Å². The highest BCUT2D eigenvalue weighted by molar-refractivity contribution is 7.12. The fourth-order valence-electron chi connectivity index (χ4n) is 3.25. The molecule has 30 heavy (non-hydrogen) atoms. The van der Waals surface area contributed by atoms with Crippen LogP contribution in [0.4, 0.5) is 11.4 Å². The minimum Gasteiger partial charge on any atom is -0.459 e. The summed E-state index contributed by atoms with van der Waals surface area (Å²) in [6.07, 6.45) is 1.47. The lowest BCUT2D eigenvalue weighted by Gasteiger charge is -2.27. The second-order valence-electron chi connectivity index (χ2n) is 7.73. The molecule has 6 nitrogen and oxygen atoms in total. The Morgan fingerprint density at radius 1 is 1.13 bits per heavy atom. The van der Waals surface area contributed by atoms with Gasteiger partial charge in [-0.25, -0.2) is 0 Å². The van der Waals surface area contributed by atoms with Gasteiger partial charge in [0.15, 0.2) is 5.76 Å². The summed E-state index contributed by atoms with van der Waals surface area (Å²) >= 11 is 1.45. The van der Waals surface area contributed by atoms with Crippen molar-refractivity contribution >= 4 is 34.5 Å². The highest BCUT2D eigenvalue weighted by Crippen LogP contribution is 2.26. The van der Waals surface area contributed by atoms with Crippen molar-refractivity contribution in [2.24, 2.45) is 5.92 Å². The van der Waals surface area contributed by atoms with E-state index in [4.69, 9.17) is 4.42 Å². The molecule has 0 saturated heterocycles. The van der Waals surface area contributed by atoms with Crippen LogP contribution in [0, 0.1) is 5.92 Å². The molecule has 3 rings (SSSR count). The first-order valence-electron chi connectivity index (χ1n) is 9.83. The highest BCUT2D eigenvalue weighted by atomic mass is 32.1.